The van der Waals surface area contributed by atoms with Gasteiger partial charge in [-0.05, 0) is 17.7 Å². The number of aromatic nitrogens is 1. The summed E-state index contributed by atoms with van der Waals surface area (Å²) in [5.74, 6) is -0.971. The van der Waals surface area contributed by atoms with Crippen molar-refractivity contribution in [3.05, 3.63) is 45.2 Å². The number of hydrogen-bond acceptors (Lipinski definition) is 2. The molecule has 82 valence electrons. The highest BCUT2D eigenvalue weighted by molar-refractivity contribution is 6.31. The summed E-state index contributed by atoms with van der Waals surface area (Å²) in [5, 5.41) is 9.93. The van der Waals surface area contributed by atoms with Gasteiger partial charge < -0.3 is 10.1 Å². The summed E-state index contributed by atoms with van der Waals surface area (Å²) in [6.45, 7) is 0. The highest BCUT2D eigenvalue weighted by atomic mass is 35.5. The minimum Gasteiger partial charge on any atom is -0.481 e. The van der Waals surface area contributed by atoms with Crippen molar-refractivity contribution in [2.45, 2.75) is 6.42 Å². The van der Waals surface area contributed by atoms with E-state index in [0.29, 0.717) is 21.5 Å². The number of carbonyl (C=O) groups is 1. The number of aromatic amines is 1. The van der Waals surface area contributed by atoms with Crippen LogP contribution in [0.2, 0.25) is 5.02 Å². The maximum atomic E-state index is 11.3. The molecule has 1 aromatic carbocycles. The number of carboxylic acid groups (broad SMARTS) is 1. The molecular weight excluding hydrogens is 230 g/mol. The van der Waals surface area contributed by atoms with Gasteiger partial charge in [0.05, 0.1) is 11.9 Å². The van der Waals surface area contributed by atoms with E-state index in [1.165, 1.54) is 6.07 Å². The van der Waals surface area contributed by atoms with Crippen LogP contribution in [0.5, 0.6) is 0 Å². The summed E-state index contributed by atoms with van der Waals surface area (Å²) in [6.07, 6.45) is -0.179. The second-order valence-corrected chi connectivity index (χ2v) is 3.86. The highest BCUT2D eigenvalue weighted by Gasteiger charge is 2.07. The van der Waals surface area contributed by atoms with Crippen molar-refractivity contribution in [1.29, 1.82) is 0 Å². The van der Waals surface area contributed by atoms with E-state index in [1.54, 1.807) is 18.2 Å². The number of pyridine rings is 1. The predicted molar refractivity (Wildman–Crippen MR) is 60.9 cm³/mol. The Bertz CT molecular complexity index is 618. The Kier molecular flexibility index (Phi) is 2.66. The van der Waals surface area contributed by atoms with Gasteiger partial charge in [0.1, 0.15) is 0 Å². The molecule has 1 aromatic heterocycles. The lowest BCUT2D eigenvalue weighted by molar-refractivity contribution is -0.136. The fraction of sp³-hybridized carbons (Fsp3) is 0.0909. The lowest BCUT2D eigenvalue weighted by atomic mass is 10.1. The Morgan fingerprint density at radius 3 is 2.81 bits per heavy atom. The number of benzene rings is 1. The second kappa shape index (κ2) is 3.98. The maximum absolute atomic E-state index is 11.3. The summed E-state index contributed by atoms with van der Waals surface area (Å²) in [4.78, 5) is 24.6. The molecule has 0 amide bonds. The van der Waals surface area contributed by atoms with Crippen LogP contribution in [-0.4, -0.2) is 16.1 Å². The molecule has 0 saturated carbocycles. The molecular formula is C11H8ClNO3. The first-order valence-electron chi connectivity index (χ1n) is 4.59. The standard InChI is InChI=1S/C11H8ClNO3/c12-7-1-2-8-6(4-11(15)16)3-10(14)13-9(8)5-7/h1-3,5H,4H2,(H,13,14)(H,15,16). The fourth-order valence-electron chi connectivity index (χ4n) is 1.61. The number of H-pyrrole nitrogens is 1. The van der Waals surface area contributed by atoms with Crippen LogP contribution in [0.1, 0.15) is 5.56 Å². The van der Waals surface area contributed by atoms with Crippen LogP contribution in [0.15, 0.2) is 29.1 Å². The van der Waals surface area contributed by atoms with Crippen molar-refractivity contribution < 1.29 is 9.90 Å². The molecule has 0 unspecified atom stereocenters. The lowest BCUT2D eigenvalue weighted by Gasteiger charge is -2.03. The quantitative estimate of drug-likeness (QED) is 0.837. The van der Waals surface area contributed by atoms with E-state index in [9.17, 15) is 9.59 Å². The number of halogens is 1. The number of rotatable bonds is 2. The van der Waals surface area contributed by atoms with Gasteiger partial charge in [0.25, 0.3) is 0 Å². The minimum atomic E-state index is -0.971. The van der Waals surface area contributed by atoms with E-state index in [1.807, 2.05) is 0 Å². The van der Waals surface area contributed by atoms with E-state index in [-0.39, 0.29) is 12.0 Å². The molecule has 16 heavy (non-hydrogen) atoms. The molecule has 2 rings (SSSR count). The molecule has 0 fully saturated rings. The number of hydrogen-bond donors (Lipinski definition) is 2. The van der Waals surface area contributed by atoms with Crippen LogP contribution in [-0.2, 0) is 11.2 Å². The normalized spacial score (nSPS) is 10.6. The van der Waals surface area contributed by atoms with Crippen molar-refractivity contribution in [3.8, 4) is 0 Å². The van der Waals surface area contributed by atoms with Crippen LogP contribution in [0.3, 0.4) is 0 Å². The van der Waals surface area contributed by atoms with E-state index in [4.69, 9.17) is 16.7 Å². The average Bonchev–Trinajstić information content (AvgIpc) is 2.15. The Morgan fingerprint density at radius 2 is 2.12 bits per heavy atom. The molecule has 4 nitrogen and oxygen atoms in total. The van der Waals surface area contributed by atoms with Gasteiger partial charge in [-0.15, -0.1) is 0 Å². The molecule has 0 atom stereocenters. The zero-order chi connectivity index (χ0) is 11.7. The Balaban J connectivity index is 2.72. The average molecular weight is 238 g/mol. The van der Waals surface area contributed by atoms with Gasteiger partial charge in [-0.3, -0.25) is 9.59 Å². The van der Waals surface area contributed by atoms with Crippen molar-refractivity contribution in [3.63, 3.8) is 0 Å². The van der Waals surface area contributed by atoms with Crippen molar-refractivity contribution in [1.82, 2.24) is 4.98 Å². The number of fused-ring (bicyclic) bond motifs is 1. The Morgan fingerprint density at radius 1 is 1.38 bits per heavy atom. The van der Waals surface area contributed by atoms with Gasteiger partial charge in [0.15, 0.2) is 0 Å². The molecule has 2 N–H and O–H groups in total. The molecule has 5 heteroatoms. The van der Waals surface area contributed by atoms with Crippen molar-refractivity contribution >= 4 is 28.5 Å². The van der Waals surface area contributed by atoms with E-state index < -0.39 is 5.97 Å². The summed E-state index contributed by atoms with van der Waals surface area (Å²) < 4.78 is 0. The number of carboxylic acids is 1. The highest BCUT2D eigenvalue weighted by Crippen LogP contribution is 2.19. The van der Waals surface area contributed by atoms with Gasteiger partial charge in [-0.1, -0.05) is 17.7 Å². The Labute approximate surface area is 95.5 Å². The molecule has 0 bridgehead atoms. The molecule has 0 aliphatic rings. The first-order chi connectivity index (χ1) is 7.56. The van der Waals surface area contributed by atoms with E-state index in [2.05, 4.69) is 4.98 Å². The maximum Gasteiger partial charge on any atom is 0.307 e. The van der Waals surface area contributed by atoms with Gasteiger partial charge in [0.2, 0.25) is 5.56 Å². The molecule has 0 aliphatic carbocycles. The van der Waals surface area contributed by atoms with Crippen molar-refractivity contribution in [2.24, 2.45) is 0 Å². The van der Waals surface area contributed by atoms with Gasteiger partial charge in [0, 0.05) is 16.5 Å². The summed E-state index contributed by atoms with van der Waals surface area (Å²) in [6, 6.07) is 6.26. The van der Waals surface area contributed by atoms with Gasteiger partial charge in [-0.2, -0.15) is 0 Å². The van der Waals surface area contributed by atoms with Gasteiger partial charge >= 0.3 is 5.97 Å². The second-order valence-electron chi connectivity index (χ2n) is 3.42. The molecule has 1 heterocycles. The molecule has 0 aliphatic heterocycles. The third kappa shape index (κ3) is 2.06. The zero-order valence-corrected chi connectivity index (χ0v) is 8.91. The number of aliphatic carboxylic acids is 1. The minimum absolute atomic E-state index is 0.179. The van der Waals surface area contributed by atoms with Crippen LogP contribution in [0.4, 0.5) is 0 Å². The molecule has 0 spiro atoms. The third-order valence-electron chi connectivity index (χ3n) is 2.23. The summed E-state index contributed by atoms with van der Waals surface area (Å²) in [5.41, 5.74) is 0.713. The third-order valence-corrected chi connectivity index (χ3v) is 2.47. The summed E-state index contributed by atoms with van der Waals surface area (Å²) in [7, 11) is 0. The Hall–Kier alpha value is -1.81. The molecule has 2 aromatic rings. The first-order valence-corrected chi connectivity index (χ1v) is 4.97. The van der Waals surface area contributed by atoms with Crippen LogP contribution in [0.25, 0.3) is 10.9 Å². The van der Waals surface area contributed by atoms with Crippen LogP contribution < -0.4 is 5.56 Å². The topological polar surface area (TPSA) is 70.2 Å². The monoisotopic (exact) mass is 237 g/mol. The fourth-order valence-corrected chi connectivity index (χ4v) is 1.79. The summed E-state index contributed by atoms with van der Waals surface area (Å²) >= 11 is 5.79. The van der Waals surface area contributed by atoms with Crippen molar-refractivity contribution in [2.75, 3.05) is 0 Å². The smallest absolute Gasteiger partial charge is 0.307 e. The zero-order valence-electron chi connectivity index (χ0n) is 8.16. The lowest BCUT2D eigenvalue weighted by Crippen LogP contribution is -2.09. The van der Waals surface area contributed by atoms with Crippen LogP contribution >= 0.6 is 11.6 Å². The first kappa shape index (κ1) is 10.7. The van der Waals surface area contributed by atoms with Crippen LogP contribution in [0, 0.1) is 0 Å². The molecule has 0 saturated heterocycles. The van der Waals surface area contributed by atoms with E-state index >= 15 is 0 Å². The molecule has 0 radical (unpaired) electrons. The largest absolute Gasteiger partial charge is 0.481 e. The predicted octanol–water partition coefficient (Wildman–Crippen LogP) is 1.81. The SMILES string of the molecule is O=C(O)Cc1cc(=O)[nH]c2cc(Cl)ccc12. The van der Waals surface area contributed by atoms with E-state index in [0.717, 1.165) is 0 Å². The van der Waals surface area contributed by atoms with Gasteiger partial charge in [-0.25, -0.2) is 0 Å². The number of nitrogens with one attached hydrogen (secondary N) is 1.